The second-order valence-corrected chi connectivity index (χ2v) is 8.93. The Bertz CT molecular complexity index is 684. The molecule has 1 amide bonds. The first kappa shape index (κ1) is 24.9. The van der Waals surface area contributed by atoms with E-state index in [1.165, 1.54) is 0 Å². The summed E-state index contributed by atoms with van der Waals surface area (Å²) in [6, 6.07) is 7.85. The molecule has 1 aliphatic rings. The number of halogens is 1. The van der Waals surface area contributed by atoms with Crippen molar-refractivity contribution in [2.45, 2.75) is 50.8 Å². The molecule has 0 bridgehead atoms. The molecule has 3 atom stereocenters. The van der Waals surface area contributed by atoms with Crippen molar-refractivity contribution < 1.29 is 9.00 Å². The van der Waals surface area contributed by atoms with Crippen LogP contribution in [-0.4, -0.2) is 53.3 Å². The van der Waals surface area contributed by atoms with Crippen LogP contribution in [0.5, 0.6) is 0 Å². The standard InChI is InChI=1S/C20H32N4O2S.HI/c1-4-27(26)18-10-6-9-17(14-18)24-20(21-3)23-12-11-22-19(25)16-8-5-7-15(2)13-16;/h5,7-8,13,17-18H,4,6,9-12,14H2,1-3H3,(H,22,25)(H2,21,23,24);1H. The van der Waals surface area contributed by atoms with E-state index >= 15 is 0 Å². The molecule has 0 aromatic heterocycles. The van der Waals surface area contributed by atoms with Crippen LogP contribution in [0.15, 0.2) is 29.3 Å². The van der Waals surface area contributed by atoms with E-state index in [-0.39, 0.29) is 35.1 Å². The van der Waals surface area contributed by atoms with Crippen LogP contribution in [0.3, 0.4) is 0 Å². The third-order valence-corrected chi connectivity index (χ3v) is 6.57. The molecule has 0 radical (unpaired) electrons. The van der Waals surface area contributed by atoms with Crippen molar-refractivity contribution in [1.29, 1.82) is 0 Å². The second kappa shape index (κ2) is 13.1. The molecule has 28 heavy (non-hydrogen) atoms. The normalized spacial score (nSPS) is 20.6. The highest BCUT2D eigenvalue weighted by atomic mass is 127. The lowest BCUT2D eigenvalue weighted by atomic mass is 9.95. The molecule has 2 rings (SSSR count). The van der Waals surface area contributed by atoms with Crippen LogP contribution in [0, 0.1) is 6.92 Å². The van der Waals surface area contributed by atoms with Crippen molar-refractivity contribution in [3.8, 4) is 0 Å². The van der Waals surface area contributed by atoms with Gasteiger partial charge in [-0.1, -0.05) is 31.0 Å². The Kier molecular flexibility index (Phi) is 11.7. The van der Waals surface area contributed by atoms with Crippen LogP contribution < -0.4 is 16.0 Å². The zero-order valence-corrected chi connectivity index (χ0v) is 20.1. The van der Waals surface area contributed by atoms with Gasteiger partial charge in [0, 0.05) is 53.5 Å². The minimum Gasteiger partial charge on any atom is -0.355 e. The largest absolute Gasteiger partial charge is 0.355 e. The Morgan fingerprint density at radius 3 is 2.68 bits per heavy atom. The topological polar surface area (TPSA) is 82.6 Å². The van der Waals surface area contributed by atoms with E-state index < -0.39 is 10.8 Å². The summed E-state index contributed by atoms with van der Waals surface area (Å²) in [6.07, 6.45) is 4.14. The highest BCUT2D eigenvalue weighted by Gasteiger charge is 2.25. The summed E-state index contributed by atoms with van der Waals surface area (Å²) in [4.78, 5) is 16.4. The summed E-state index contributed by atoms with van der Waals surface area (Å²) < 4.78 is 12.1. The minimum atomic E-state index is -0.731. The number of nitrogens with zero attached hydrogens (tertiary/aromatic N) is 1. The average Bonchev–Trinajstić information content (AvgIpc) is 2.69. The van der Waals surface area contributed by atoms with Crippen molar-refractivity contribution in [2.24, 2.45) is 4.99 Å². The maximum Gasteiger partial charge on any atom is 0.251 e. The van der Waals surface area contributed by atoms with E-state index in [4.69, 9.17) is 0 Å². The maximum atomic E-state index is 12.1. The van der Waals surface area contributed by atoms with Crippen LogP contribution in [-0.2, 0) is 10.8 Å². The lowest BCUT2D eigenvalue weighted by Crippen LogP contribution is -2.48. The number of rotatable bonds is 7. The van der Waals surface area contributed by atoms with Crippen LogP contribution in [0.2, 0.25) is 0 Å². The van der Waals surface area contributed by atoms with Gasteiger partial charge in [0.25, 0.3) is 5.91 Å². The summed E-state index contributed by atoms with van der Waals surface area (Å²) >= 11 is 0. The quantitative estimate of drug-likeness (QED) is 0.224. The number of aliphatic imine (C=N–C) groups is 1. The molecule has 0 heterocycles. The van der Waals surface area contributed by atoms with E-state index in [1.54, 1.807) is 7.05 Å². The molecule has 0 aliphatic heterocycles. The molecule has 1 aromatic carbocycles. The zero-order chi connectivity index (χ0) is 19.6. The number of hydrogen-bond donors (Lipinski definition) is 3. The first-order valence-corrected chi connectivity index (χ1v) is 11.1. The molecule has 0 spiro atoms. The van der Waals surface area contributed by atoms with Crippen LogP contribution in [0.25, 0.3) is 0 Å². The molecular weight excluding hydrogens is 487 g/mol. The van der Waals surface area contributed by atoms with Crippen LogP contribution in [0.4, 0.5) is 0 Å². The van der Waals surface area contributed by atoms with E-state index in [2.05, 4.69) is 20.9 Å². The van der Waals surface area contributed by atoms with Gasteiger partial charge in [-0.3, -0.25) is 14.0 Å². The van der Waals surface area contributed by atoms with Gasteiger partial charge in [0.05, 0.1) is 0 Å². The number of carbonyl (C=O) groups is 1. The number of amides is 1. The fourth-order valence-corrected chi connectivity index (χ4v) is 4.73. The summed E-state index contributed by atoms with van der Waals surface area (Å²) in [5.41, 5.74) is 1.75. The maximum absolute atomic E-state index is 12.1. The fourth-order valence-electron chi connectivity index (χ4n) is 3.38. The molecule has 3 N–H and O–H groups in total. The van der Waals surface area contributed by atoms with Crippen molar-refractivity contribution in [1.82, 2.24) is 16.0 Å². The van der Waals surface area contributed by atoms with E-state index in [0.29, 0.717) is 24.7 Å². The highest BCUT2D eigenvalue weighted by Crippen LogP contribution is 2.22. The first-order valence-electron chi connectivity index (χ1n) is 9.72. The van der Waals surface area contributed by atoms with Crippen molar-refractivity contribution in [3.63, 3.8) is 0 Å². The van der Waals surface area contributed by atoms with Crippen molar-refractivity contribution in [2.75, 3.05) is 25.9 Å². The minimum absolute atomic E-state index is 0. The number of benzene rings is 1. The number of guanidine groups is 1. The smallest absolute Gasteiger partial charge is 0.251 e. The molecule has 1 aliphatic carbocycles. The fraction of sp³-hybridized carbons (Fsp3) is 0.600. The Morgan fingerprint density at radius 2 is 2.00 bits per heavy atom. The number of aryl methyl sites for hydroxylation is 1. The van der Waals surface area contributed by atoms with E-state index in [9.17, 15) is 9.00 Å². The summed E-state index contributed by atoms with van der Waals surface area (Å²) in [7, 11) is 1.01. The van der Waals surface area contributed by atoms with Gasteiger partial charge in [-0.2, -0.15) is 0 Å². The lowest BCUT2D eigenvalue weighted by molar-refractivity contribution is 0.0954. The molecule has 158 valence electrons. The van der Waals surface area contributed by atoms with E-state index in [0.717, 1.165) is 43.0 Å². The zero-order valence-electron chi connectivity index (χ0n) is 17.0. The molecule has 0 saturated heterocycles. The monoisotopic (exact) mass is 520 g/mol. The van der Waals surface area contributed by atoms with Crippen LogP contribution >= 0.6 is 24.0 Å². The van der Waals surface area contributed by atoms with Crippen LogP contribution in [0.1, 0.15) is 48.5 Å². The number of hydrogen-bond acceptors (Lipinski definition) is 3. The summed E-state index contributed by atoms with van der Waals surface area (Å²) in [6.45, 7) is 5.06. The van der Waals surface area contributed by atoms with Gasteiger partial charge in [-0.05, 0) is 38.3 Å². The van der Waals surface area contributed by atoms with Gasteiger partial charge in [0.2, 0.25) is 0 Å². The van der Waals surface area contributed by atoms with Gasteiger partial charge in [-0.15, -0.1) is 24.0 Å². The molecule has 3 unspecified atom stereocenters. The predicted molar refractivity (Wildman–Crippen MR) is 128 cm³/mol. The van der Waals surface area contributed by atoms with Gasteiger partial charge < -0.3 is 16.0 Å². The first-order chi connectivity index (χ1) is 13.0. The third-order valence-electron chi connectivity index (χ3n) is 4.83. The predicted octanol–water partition coefficient (Wildman–Crippen LogP) is 2.59. The Morgan fingerprint density at radius 1 is 1.25 bits per heavy atom. The summed E-state index contributed by atoms with van der Waals surface area (Å²) in [5, 5.41) is 9.87. The molecule has 1 aromatic rings. The summed E-state index contributed by atoms with van der Waals surface area (Å²) in [5.74, 6) is 1.39. The third kappa shape index (κ3) is 8.06. The molecule has 1 fully saturated rings. The SMILES string of the molecule is CCS(=O)C1CCCC(NC(=NC)NCCNC(=O)c2cccc(C)c2)C1.I. The number of nitrogens with one attached hydrogen (secondary N) is 3. The highest BCUT2D eigenvalue weighted by molar-refractivity contribution is 14.0. The molecular formula is C20H33IN4O2S. The Labute approximate surface area is 188 Å². The Hall–Kier alpha value is -1.16. The Balaban J connectivity index is 0.00000392. The van der Waals surface area contributed by atoms with E-state index in [1.807, 2.05) is 38.1 Å². The molecule has 6 nitrogen and oxygen atoms in total. The van der Waals surface area contributed by atoms with Crippen molar-refractivity contribution >= 4 is 46.6 Å². The van der Waals surface area contributed by atoms with Gasteiger partial charge in [0.15, 0.2) is 5.96 Å². The second-order valence-electron chi connectivity index (χ2n) is 6.92. The molecule has 8 heteroatoms. The van der Waals surface area contributed by atoms with Gasteiger partial charge in [0.1, 0.15) is 0 Å². The average molecular weight is 520 g/mol. The molecule has 1 saturated carbocycles. The van der Waals surface area contributed by atoms with Crippen molar-refractivity contribution in [3.05, 3.63) is 35.4 Å². The van der Waals surface area contributed by atoms with Gasteiger partial charge >= 0.3 is 0 Å². The lowest BCUT2D eigenvalue weighted by Gasteiger charge is -2.30. The number of carbonyl (C=O) groups excluding carboxylic acids is 1. The van der Waals surface area contributed by atoms with Gasteiger partial charge in [-0.25, -0.2) is 0 Å².